The van der Waals surface area contributed by atoms with E-state index >= 15 is 0 Å². The summed E-state index contributed by atoms with van der Waals surface area (Å²) in [4.78, 5) is 28.4. The number of furan rings is 1. The molecule has 0 radical (unpaired) electrons. The highest BCUT2D eigenvalue weighted by Gasteiger charge is 2.46. The van der Waals surface area contributed by atoms with Crippen molar-refractivity contribution in [3.05, 3.63) is 76.9 Å². The molecule has 1 atom stereocenters. The first-order chi connectivity index (χ1) is 17.9. The maximum absolute atomic E-state index is 13.8. The standard InChI is InChI=1S/C27H24N2O8/c1-5-35-17-10-9-15(12-19(17)34-4)23-22(25(31)27(32)29(23)21-11-14(2)37-28-21)24(30)20-13-16-7-6-8-18(33-3)26(16)36-20/h6-13,23,31H,5H2,1-4H3. The highest BCUT2D eigenvalue weighted by atomic mass is 16.5. The van der Waals surface area contributed by atoms with E-state index in [9.17, 15) is 14.7 Å². The number of carbonyl (C=O) groups excluding carboxylic acids is 2. The van der Waals surface area contributed by atoms with Crippen molar-refractivity contribution in [3.63, 3.8) is 0 Å². The third-order valence-corrected chi connectivity index (χ3v) is 6.07. The van der Waals surface area contributed by atoms with Gasteiger partial charge in [-0.1, -0.05) is 23.4 Å². The molecule has 1 N–H and O–H groups in total. The van der Waals surface area contributed by atoms with E-state index in [1.54, 1.807) is 55.5 Å². The SMILES string of the molecule is CCOc1ccc(C2C(C(=O)c3cc4cccc(OC)c4o3)=C(O)C(=O)N2c2cc(C)on2)cc1OC. The van der Waals surface area contributed by atoms with E-state index < -0.39 is 23.5 Å². The summed E-state index contributed by atoms with van der Waals surface area (Å²) in [6.07, 6.45) is 0. The van der Waals surface area contributed by atoms with Gasteiger partial charge in [-0.3, -0.25) is 14.5 Å². The minimum Gasteiger partial charge on any atom is -0.503 e. The Bertz CT molecular complexity index is 1550. The third-order valence-electron chi connectivity index (χ3n) is 6.07. The lowest BCUT2D eigenvalue weighted by atomic mass is 9.94. The normalized spacial score (nSPS) is 15.5. The van der Waals surface area contributed by atoms with Gasteiger partial charge in [0.15, 0.2) is 40.2 Å². The summed E-state index contributed by atoms with van der Waals surface area (Å²) in [7, 11) is 2.98. The number of ketones is 1. The van der Waals surface area contributed by atoms with E-state index in [1.165, 1.54) is 19.1 Å². The molecule has 1 aliphatic heterocycles. The molecule has 0 saturated heterocycles. The lowest BCUT2D eigenvalue weighted by Gasteiger charge is -2.25. The molecule has 1 unspecified atom stereocenters. The second-order valence-electron chi connectivity index (χ2n) is 8.30. The van der Waals surface area contributed by atoms with Crippen LogP contribution in [0.25, 0.3) is 11.0 Å². The van der Waals surface area contributed by atoms with Crippen molar-refractivity contribution in [2.75, 3.05) is 25.7 Å². The summed E-state index contributed by atoms with van der Waals surface area (Å²) in [5.74, 6) is -0.305. The smallest absolute Gasteiger partial charge is 0.295 e. The fourth-order valence-electron chi connectivity index (χ4n) is 4.43. The average molecular weight is 504 g/mol. The van der Waals surface area contributed by atoms with E-state index in [-0.39, 0.29) is 17.2 Å². The predicted octanol–water partition coefficient (Wildman–Crippen LogP) is 4.93. The van der Waals surface area contributed by atoms with Gasteiger partial charge in [-0.15, -0.1) is 0 Å². The maximum atomic E-state index is 13.8. The number of rotatable bonds is 8. The van der Waals surface area contributed by atoms with Gasteiger partial charge in [0.2, 0.25) is 5.78 Å². The van der Waals surface area contributed by atoms with Gasteiger partial charge in [0.1, 0.15) is 5.76 Å². The van der Waals surface area contributed by atoms with Gasteiger partial charge in [-0.2, -0.15) is 0 Å². The third kappa shape index (κ3) is 3.96. The number of para-hydroxylation sites is 1. The van der Waals surface area contributed by atoms with E-state index in [4.69, 9.17) is 23.2 Å². The fourth-order valence-corrected chi connectivity index (χ4v) is 4.43. The number of aliphatic hydroxyl groups excluding tert-OH is 1. The number of amides is 1. The van der Waals surface area contributed by atoms with Crippen LogP contribution < -0.4 is 19.1 Å². The van der Waals surface area contributed by atoms with Gasteiger partial charge in [0.25, 0.3) is 5.91 Å². The number of aryl methyl sites for hydroxylation is 1. The molecule has 4 aromatic rings. The number of nitrogens with zero attached hydrogens (tertiary/aromatic N) is 2. The lowest BCUT2D eigenvalue weighted by molar-refractivity contribution is -0.117. The summed E-state index contributed by atoms with van der Waals surface area (Å²) < 4.78 is 27.5. The van der Waals surface area contributed by atoms with E-state index in [1.807, 2.05) is 6.92 Å². The predicted molar refractivity (Wildman–Crippen MR) is 132 cm³/mol. The van der Waals surface area contributed by atoms with Gasteiger partial charge >= 0.3 is 0 Å². The number of hydrogen-bond donors (Lipinski definition) is 1. The number of benzene rings is 2. The number of aromatic nitrogens is 1. The first kappa shape index (κ1) is 24.0. The largest absolute Gasteiger partial charge is 0.503 e. The van der Waals surface area contributed by atoms with Gasteiger partial charge in [-0.25, -0.2) is 0 Å². The van der Waals surface area contributed by atoms with Crippen LogP contribution in [0.1, 0.15) is 34.8 Å². The molecule has 190 valence electrons. The molecule has 37 heavy (non-hydrogen) atoms. The molecule has 0 bridgehead atoms. The molecule has 2 aromatic heterocycles. The van der Waals surface area contributed by atoms with Crippen LogP contribution in [0.5, 0.6) is 17.2 Å². The number of fused-ring (bicyclic) bond motifs is 1. The summed E-state index contributed by atoms with van der Waals surface area (Å²) in [6, 6.07) is 12.3. The van der Waals surface area contributed by atoms with Crippen molar-refractivity contribution < 1.29 is 37.8 Å². The van der Waals surface area contributed by atoms with Crippen LogP contribution in [0.4, 0.5) is 5.82 Å². The van der Waals surface area contributed by atoms with E-state index in [0.29, 0.717) is 46.1 Å². The van der Waals surface area contributed by atoms with Crippen LogP contribution in [0.15, 0.2) is 68.8 Å². The Morgan fingerprint density at radius 1 is 1.08 bits per heavy atom. The molecule has 0 spiro atoms. The summed E-state index contributed by atoms with van der Waals surface area (Å²) in [5.41, 5.74) is 0.686. The van der Waals surface area contributed by atoms with Crippen molar-refractivity contribution in [3.8, 4) is 17.2 Å². The van der Waals surface area contributed by atoms with Crippen LogP contribution >= 0.6 is 0 Å². The summed E-state index contributed by atoms with van der Waals surface area (Å²) >= 11 is 0. The van der Waals surface area contributed by atoms with Crippen LogP contribution in [0.3, 0.4) is 0 Å². The summed E-state index contributed by atoms with van der Waals surface area (Å²) in [5, 5.41) is 15.6. The van der Waals surface area contributed by atoms with Gasteiger partial charge in [0, 0.05) is 11.5 Å². The van der Waals surface area contributed by atoms with Crippen LogP contribution in [-0.2, 0) is 4.79 Å². The number of methoxy groups -OCH3 is 2. The van der Waals surface area contributed by atoms with Crippen molar-refractivity contribution in [1.82, 2.24) is 5.16 Å². The van der Waals surface area contributed by atoms with Crippen LogP contribution in [0, 0.1) is 6.92 Å². The van der Waals surface area contributed by atoms with Crippen molar-refractivity contribution in [2.45, 2.75) is 19.9 Å². The zero-order valence-corrected chi connectivity index (χ0v) is 20.6. The Labute approximate surface area is 211 Å². The molecular formula is C27H24N2O8. The molecule has 0 aliphatic carbocycles. The Balaban J connectivity index is 1.66. The molecular weight excluding hydrogens is 480 g/mol. The monoisotopic (exact) mass is 504 g/mol. The second kappa shape index (κ2) is 9.38. The second-order valence-corrected chi connectivity index (χ2v) is 8.30. The maximum Gasteiger partial charge on any atom is 0.295 e. The number of ether oxygens (including phenoxy) is 3. The molecule has 2 aromatic carbocycles. The topological polar surface area (TPSA) is 124 Å². The fraction of sp³-hybridized carbons (Fsp3) is 0.222. The van der Waals surface area contributed by atoms with E-state index in [2.05, 4.69) is 5.16 Å². The van der Waals surface area contributed by atoms with Crippen molar-refractivity contribution in [1.29, 1.82) is 0 Å². The molecule has 10 heteroatoms. The summed E-state index contributed by atoms with van der Waals surface area (Å²) in [6.45, 7) is 3.94. The molecule has 3 heterocycles. The highest BCUT2D eigenvalue weighted by molar-refractivity contribution is 6.20. The molecule has 5 rings (SSSR count). The Morgan fingerprint density at radius 2 is 1.86 bits per heavy atom. The van der Waals surface area contributed by atoms with Crippen LogP contribution in [0.2, 0.25) is 0 Å². The van der Waals surface area contributed by atoms with E-state index in [0.717, 1.165) is 0 Å². The molecule has 10 nitrogen and oxygen atoms in total. The molecule has 1 aliphatic rings. The number of anilines is 1. The molecule has 0 fully saturated rings. The zero-order valence-electron chi connectivity index (χ0n) is 20.6. The number of aliphatic hydroxyl groups is 1. The minimum atomic E-state index is -1.05. The number of carbonyl (C=O) groups is 2. The Kier molecular flexibility index (Phi) is 6.08. The Hall–Kier alpha value is -4.73. The highest BCUT2D eigenvalue weighted by Crippen LogP contribution is 2.44. The first-order valence-electron chi connectivity index (χ1n) is 11.5. The molecule has 0 saturated carbocycles. The Morgan fingerprint density at radius 3 is 2.54 bits per heavy atom. The average Bonchev–Trinajstić information content (AvgIpc) is 3.60. The first-order valence-corrected chi connectivity index (χ1v) is 11.5. The lowest BCUT2D eigenvalue weighted by Crippen LogP contribution is -2.31. The quantitative estimate of drug-likeness (QED) is 0.333. The molecule has 1 amide bonds. The zero-order chi connectivity index (χ0) is 26.3. The van der Waals surface area contributed by atoms with Gasteiger partial charge in [-0.05, 0) is 43.7 Å². The van der Waals surface area contributed by atoms with Gasteiger partial charge in [0.05, 0.1) is 32.4 Å². The van der Waals surface area contributed by atoms with Crippen molar-refractivity contribution in [2.24, 2.45) is 0 Å². The number of Topliss-reactive ketones (excluding diaryl/α,β-unsaturated/α-hetero) is 1. The number of hydrogen-bond acceptors (Lipinski definition) is 9. The van der Waals surface area contributed by atoms with Crippen molar-refractivity contribution >= 4 is 28.5 Å². The minimum absolute atomic E-state index is 0.0602. The van der Waals surface area contributed by atoms with Crippen LogP contribution in [-0.4, -0.2) is 42.8 Å². The van der Waals surface area contributed by atoms with Gasteiger partial charge < -0.3 is 28.3 Å².